The number of carbonyl (C=O) groups is 1. The highest BCUT2D eigenvalue weighted by molar-refractivity contribution is 6.42. The second-order valence-electron chi connectivity index (χ2n) is 7.45. The zero-order valence-corrected chi connectivity index (χ0v) is 17.4. The first-order valence-corrected chi connectivity index (χ1v) is 10.7. The van der Waals surface area contributed by atoms with Crippen molar-refractivity contribution in [2.75, 3.05) is 49.1 Å². The lowest BCUT2D eigenvalue weighted by atomic mass is 10.0. The Morgan fingerprint density at radius 3 is 2.43 bits per heavy atom. The lowest BCUT2D eigenvalue weighted by molar-refractivity contribution is -0.118. The van der Waals surface area contributed by atoms with Gasteiger partial charge in [-0.3, -0.25) is 9.69 Å². The number of hydrogen-bond acceptors (Lipinski definition) is 3. The Morgan fingerprint density at radius 1 is 0.857 bits per heavy atom. The number of anilines is 2. The van der Waals surface area contributed by atoms with Crippen LogP contribution in [0, 0.1) is 0 Å². The van der Waals surface area contributed by atoms with Crippen LogP contribution in [0.15, 0.2) is 42.5 Å². The average molecular weight is 418 g/mol. The Balaban J connectivity index is 1.27. The van der Waals surface area contributed by atoms with Crippen LogP contribution in [0.3, 0.4) is 0 Å². The van der Waals surface area contributed by atoms with Gasteiger partial charge >= 0.3 is 0 Å². The van der Waals surface area contributed by atoms with Crippen molar-refractivity contribution in [2.45, 2.75) is 19.3 Å². The third kappa shape index (κ3) is 4.29. The van der Waals surface area contributed by atoms with Gasteiger partial charge in [0.05, 0.1) is 10.0 Å². The largest absolute Gasteiger partial charge is 0.369 e. The number of halogens is 2. The third-order valence-electron chi connectivity index (χ3n) is 5.69. The Morgan fingerprint density at radius 2 is 1.64 bits per heavy atom. The fourth-order valence-electron chi connectivity index (χ4n) is 4.11. The fourth-order valence-corrected chi connectivity index (χ4v) is 4.40. The second-order valence-corrected chi connectivity index (χ2v) is 8.27. The summed E-state index contributed by atoms with van der Waals surface area (Å²) in [5.74, 6) is 0.253. The molecule has 0 aromatic heterocycles. The van der Waals surface area contributed by atoms with E-state index in [2.05, 4.69) is 28.0 Å². The van der Waals surface area contributed by atoms with Crippen LogP contribution in [0.4, 0.5) is 11.4 Å². The molecule has 0 aliphatic carbocycles. The summed E-state index contributed by atoms with van der Waals surface area (Å²) >= 11 is 12.2. The van der Waals surface area contributed by atoms with Crippen LogP contribution < -0.4 is 9.80 Å². The van der Waals surface area contributed by atoms with Crippen LogP contribution in [-0.4, -0.2) is 50.1 Å². The number of fused-ring (bicyclic) bond motifs is 1. The molecular weight excluding hydrogens is 393 g/mol. The Hall–Kier alpha value is -1.75. The van der Waals surface area contributed by atoms with Crippen LogP contribution >= 0.6 is 23.2 Å². The van der Waals surface area contributed by atoms with Gasteiger partial charge < -0.3 is 9.80 Å². The molecule has 4 rings (SSSR count). The van der Waals surface area contributed by atoms with Gasteiger partial charge in [-0.1, -0.05) is 41.4 Å². The summed E-state index contributed by atoms with van der Waals surface area (Å²) in [5.41, 5.74) is 3.52. The van der Waals surface area contributed by atoms with Gasteiger partial charge in [-0.2, -0.15) is 0 Å². The summed E-state index contributed by atoms with van der Waals surface area (Å²) < 4.78 is 0. The number of carbonyl (C=O) groups excluding carboxylic acids is 1. The first-order chi connectivity index (χ1) is 13.6. The molecule has 2 aromatic rings. The molecule has 0 atom stereocenters. The van der Waals surface area contributed by atoms with Gasteiger partial charge in [0.15, 0.2) is 0 Å². The van der Waals surface area contributed by atoms with Crippen molar-refractivity contribution in [1.82, 2.24) is 4.90 Å². The summed E-state index contributed by atoms with van der Waals surface area (Å²) in [4.78, 5) is 19.2. The van der Waals surface area contributed by atoms with Crippen molar-refractivity contribution in [3.63, 3.8) is 0 Å². The molecule has 0 saturated carbocycles. The number of nitrogens with zero attached hydrogens (tertiary/aromatic N) is 3. The van der Waals surface area contributed by atoms with E-state index >= 15 is 0 Å². The van der Waals surface area contributed by atoms with Gasteiger partial charge in [0, 0.05) is 50.5 Å². The Bertz CT molecular complexity index is 849. The van der Waals surface area contributed by atoms with Crippen LogP contribution in [0.1, 0.15) is 18.4 Å². The molecule has 0 unspecified atom stereocenters. The minimum atomic E-state index is 0.253. The third-order valence-corrected chi connectivity index (χ3v) is 6.43. The monoisotopic (exact) mass is 417 g/mol. The molecule has 2 heterocycles. The maximum absolute atomic E-state index is 12.4. The van der Waals surface area contributed by atoms with E-state index in [-0.39, 0.29) is 5.91 Å². The minimum Gasteiger partial charge on any atom is -0.369 e. The summed E-state index contributed by atoms with van der Waals surface area (Å²) in [6.45, 7) is 5.80. The van der Waals surface area contributed by atoms with E-state index < -0.39 is 0 Å². The molecule has 28 heavy (non-hydrogen) atoms. The van der Waals surface area contributed by atoms with Crippen LogP contribution in [-0.2, 0) is 11.2 Å². The number of rotatable bonds is 5. The molecule has 6 heteroatoms. The van der Waals surface area contributed by atoms with Crippen molar-refractivity contribution in [3.05, 3.63) is 58.1 Å². The maximum Gasteiger partial charge on any atom is 0.227 e. The topological polar surface area (TPSA) is 26.8 Å². The molecular formula is C22H25Cl2N3O. The molecule has 2 aliphatic heterocycles. The minimum absolute atomic E-state index is 0.253. The summed E-state index contributed by atoms with van der Waals surface area (Å²) in [6.07, 6.45) is 2.48. The molecule has 1 amide bonds. The maximum atomic E-state index is 12.4. The number of para-hydroxylation sites is 1. The summed E-state index contributed by atoms with van der Waals surface area (Å²) in [5, 5.41) is 1.20. The molecule has 148 valence electrons. The van der Waals surface area contributed by atoms with Crippen molar-refractivity contribution >= 4 is 40.5 Å². The first-order valence-electron chi connectivity index (χ1n) is 9.92. The first kappa shape index (κ1) is 19.6. The highest BCUT2D eigenvalue weighted by Gasteiger charge is 2.24. The normalized spacial score (nSPS) is 17.7. The van der Waals surface area contributed by atoms with Gasteiger partial charge in [-0.15, -0.1) is 0 Å². The molecule has 2 aromatic carbocycles. The van der Waals surface area contributed by atoms with E-state index in [4.69, 9.17) is 23.2 Å². The van der Waals surface area contributed by atoms with Crippen molar-refractivity contribution in [3.8, 4) is 0 Å². The van der Waals surface area contributed by atoms with Crippen molar-refractivity contribution in [1.29, 1.82) is 0 Å². The Labute approximate surface area is 176 Å². The van der Waals surface area contributed by atoms with Gasteiger partial charge in [0.1, 0.15) is 0 Å². The van der Waals surface area contributed by atoms with Gasteiger partial charge in [0.25, 0.3) is 0 Å². The van der Waals surface area contributed by atoms with Crippen LogP contribution in [0.5, 0.6) is 0 Å². The number of aryl methyl sites for hydroxylation is 1. The smallest absolute Gasteiger partial charge is 0.227 e. The predicted octanol–water partition coefficient (Wildman–Crippen LogP) is 4.48. The van der Waals surface area contributed by atoms with E-state index in [0.29, 0.717) is 16.5 Å². The predicted molar refractivity (Wildman–Crippen MR) is 117 cm³/mol. The highest BCUT2D eigenvalue weighted by atomic mass is 35.5. The molecule has 2 aliphatic rings. The van der Waals surface area contributed by atoms with E-state index in [1.54, 1.807) is 0 Å². The van der Waals surface area contributed by atoms with E-state index in [0.717, 1.165) is 63.5 Å². The van der Waals surface area contributed by atoms with Gasteiger partial charge in [0.2, 0.25) is 5.91 Å². The number of amides is 1. The summed E-state index contributed by atoms with van der Waals surface area (Å²) in [6, 6.07) is 14.1. The van der Waals surface area contributed by atoms with Crippen LogP contribution in [0.25, 0.3) is 0 Å². The van der Waals surface area contributed by atoms with Crippen molar-refractivity contribution < 1.29 is 4.79 Å². The van der Waals surface area contributed by atoms with Crippen LogP contribution in [0.2, 0.25) is 10.0 Å². The lowest BCUT2D eigenvalue weighted by Crippen LogP contribution is -2.47. The number of hydrogen-bond donors (Lipinski definition) is 0. The standard InChI is InChI=1S/C22H25Cl2N3O/c23-19-8-7-18(16-20(19)24)26-14-12-25(13-15-26)10-3-11-27-21-5-2-1-4-17(21)6-9-22(27)28/h1-2,4-5,7-8,16H,3,6,9-15H2. The molecule has 0 N–H and O–H groups in total. The zero-order valence-electron chi connectivity index (χ0n) is 15.9. The molecule has 0 spiro atoms. The average Bonchev–Trinajstić information content (AvgIpc) is 2.72. The molecule has 1 fully saturated rings. The summed E-state index contributed by atoms with van der Waals surface area (Å²) in [7, 11) is 0. The molecule has 0 radical (unpaired) electrons. The van der Waals surface area contributed by atoms with Gasteiger partial charge in [-0.05, 0) is 49.2 Å². The lowest BCUT2D eigenvalue weighted by Gasteiger charge is -2.37. The molecule has 1 saturated heterocycles. The quantitative estimate of drug-likeness (QED) is 0.716. The number of piperazine rings is 1. The molecule has 0 bridgehead atoms. The Kier molecular flexibility index (Phi) is 6.10. The zero-order chi connectivity index (χ0) is 19.5. The second kappa shape index (κ2) is 8.73. The van der Waals surface area contributed by atoms with E-state index in [1.165, 1.54) is 5.56 Å². The van der Waals surface area contributed by atoms with Crippen molar-refractivity contribution in [2.24, 2.45) is 0 Å². The number of benzene rings is 2. The van der Waals surface area contributed by atoms with Gasteiger partial charge in [-0.25, -0.2) is 0 Å². The van der Waals surface area contributed by atoms with E-state index in [1.807, 2.05) is 29.2 Å². The SMILES string of the molecule is O=C1CCc2ccccc2N1CCCN1CCN(c2ccc(Cl)c(Cl)c2)CC1. The van der Waals surface area contributed by atoms with E-state index in [9.17, 15) is 4.79 Å². The molecule has 4 nitrogen and oxygen atoms in total. The fraction of sp³-hybridized carbons (Fsp3) is 0.409. The highest BCUT2D eigenvalue weighted by Crippen LogP contribution is 2.29.